The molecule has 1 aromatic heterocycles. The Morgan fingerprint density at radius 2 is 1.95 bits per heavy atom. The van der Waals surface area contributed by atoms with Crippen LogP contribution in [-0.2, 0) is 22.1 Å². The third kappa shape index (κ3) is 2.77. The molecule has 4 heteroatoms. The first-order valence-electron chi connectivity index (χ1n) is 8.37. The van der Waals surface area contributed by atoms with Crippen molar-refractivity contribution in [3.05, 3.63) is 30.1 Å². The summed E-state index contributed by atoms with van der Waals surface area (Å²) in [5.41, 5.74) is 1.88. The summed E-state index contributed by atoms with van der Waals surface area (Å²) in [6.07, 6.45) is 5.47. The minimum absolute atomic E-state index is 0.206. The lowest BCUT2D eigenvalue weighted by molar-refractivity contribution is -0.218. The first-order valence-corrected chi connectivity index (χ1v) is 8.37. The molecular weight excluding hydrogens is 276 g/mol. The van der Waals surface area contributed by atoms with Crippen LogP contribution in [-0.4, -0.2) is 22.4 Å². The molecule has 1 atom stereocenters. The van der Waals surface area contributed by atoms with Crippen LogP contribution in [0.4, 0.5) is 0 Å². The van der Waals surface area contributed by atoms with Crippen molar-refractivity contribution in [2.75, 3.05) is 6.61 Å². The van der Waals surface area contributed by atoms with E-state index in [0.29, 0.717) is 6.61 Å². The number of aryl methyl sites for hydroxylation is 1. The lowest BCUT2D eigenvalue weighted by Gasteiger charge is -2.38. The molecule has 1 saturated carbocycles. The molecule has 0 spiro atoms. The Bertz CT molecular complexity index is 629. The third-order valence-electron chi connectivity index (χ3n) is 4.65. The Kier molecular flexibility index (Phi) is 4.50. The standard InChI is InChI=1S/C18H26N2O2/c1-4-21-14(2)22-18(12-8-5-9-13-18)17-19-15-10-6-7-11-16(15)20(17)3/h6-7,10-11,14H,4-5,8-9,12-13H2,1-3H3. The first-order chi connectivity index (χ1) is 10.7. The van der Waals surface area contributed by atoms with E-state index in [1.54, 1.807) is 0 Å². The number of nitrogens with zero attached hydrogens (tertiary/aromatic N) is 2. The Balaban J connectivity index is 2.01. The number of fused-ring (bicyclic) bond motifs is 1. The number of imidazole rings is 1. The molecule has 2 aromatic rings. The lowest BCUT2D eigenvalue weighted by atomic mass is 9.83. The van der Waals surface area contributed by atoms with Crippen molar-refractivity contribution in [3.63, 3.8) is 0 Å². The summed E-state index contributed by atoms with van der Waals surface area (Å²) >= 11 is 0. The number of benzene rings is 1. The fourth-order valence-electron chi connectivity index (χ4n) is 3.66. The van der Waals surface area contributed by atoms with Gasteiger partial charge in [-0.15, -0.1) is 0 Å². The molecule has 3 rings (SSSR count). The second kappa shape index (κ2) is 6.39. The SMILES string of the molecule is CCOC(C)OC1(c2nc3ccccc3n2C)CCCCC1. The second-order valence-electron chi connectivity index (χ2n) is 6.18. The molecule has 0 bridgehead atoms. The molecule has 0 amide bonds. The van der Waals surface area contributed by atoms with Crippen molar-refractivity contribution < 1.29 is 9.47 Å². The van der Waals surface area contributed by atoms with E-state index in [2.05, 4.69) is 29.8 Å². The summed E-state index contributed by atoms with van der Waals surface area (Å²) < 4.78 is 14.2. The van der Waals surface area contributed by atoms with Gasteiger partial charge in [0.25, 0.3) is 0 Å². The topological polar surface area (TPSA) is 36.3 Å². The van der Waals surface area contributed by atoms with Crippen molar-refractivity contribution in [1.82, 2.24) is 9.55 Å². The van der Waals surface area contributed by atoms with Crippen LogP contribution in [0.1, 0.15) is 51.8 Å². The van der Waals surface area contributed by atoms with E-state index in [9.17, 15) is 0 Å². The quantitative estimate of drug-likeness (QED) is 0.779. The van der Waals surface area contributed by atoms with Gasteiger partial charge >= 0.3 is 0 Å². The molecule has 0 radical (unpaired) electrons. The number of aromatic nitrogens is 2. The summed E-state index contributed by atoms with van der Waals surface area (Å²) in [6, 6.07) is 8.29. The maximum atomic E-state index is 6.41. The van der Waals surface area contributed by atoms with Crippen molar-refractivity contribution in [3.8, 4) is 0 Å². The average molecular weight is 302 g/mol. The molecular formula is C18H26N2O2. The highest BCUT2D eigenvalue weighted by molar-refractivity contribution is 5.76. The molecule has 1 fully saturated rings. The van der Waals surface area contributed by atoms with Gasteiger partial charge in [0.05, 0.1) is 11.0 Å². The summed E-state index contributed by atoms with van der Waals surface area (Å²) in [5.74, 6) is 1.04. The molecule has 1 unspecified atom stereocenters. The maximum Gasteiger partial charge on any atom is 0.156 e. The monoisotopic (exact) mass is 302 g/mol. The van der Waals surface area contributed by atoms with Crippen LogP contribution in [0.3, 0.4) is 0 Å². The highest BCUT2D eigenvalue weighted by atomic mass is 16.7. The van der Waals surface area contributed by atoms with E-state index in [1.165, 1.54) is 19.3 Å². The van der Waals surface area contributed by atoms with Crippen molar-refractivity contribution in [2.45, 2.75) is 57.8 Å². The van der Waals surface area contributed by atoms with Crippen molar-refractivity contribution >= 4 is 11.0 Å². The highest BCUT2D eigenvalue weighted by Gasteiger charge is 2.40. The van der Waals surface area contributed by atoms with Gasteiger partial charge in [0.2, 0.25) is 0 Å². The molecule has 0 N–H and O–H groups in total. The Labute approximate surface area is 132 Å². The smallest absolute Gasteiger partial charge is 0.156 e. The normalized spacial score (nSPS) is 19.4. The van der Waals surface area contributed by atoms with Crippen LogP contribution < -0.4 is 0 Å². The number of rotatable bonds is 5. The van der Waals surface area contributed by atoms with Crippen LogP contribution in [0.2, 0.25) is 0 Å². The van der Waals surface area contributed by atoms with E-state index in [0.717, 1.165) is 29.7 Å². The van der Waals surface area contributed by atoms with Crippen LogP contribution in [0.15, 0.2) is 24.3 Å². The van der Waals surface area contributed by atoms with Gasteiger partial charge in [-0.25, -0.2) is 4.98 Å². The van der Waals surface area contributed by atoms with Gasteiger partial charge in [-0.2, -0.15) is 0 Å². The van der Waals surface area contributed by atoms with E-state index >= 15 is 0 Å². The van der Waals surface area contributed by atoms with Crippen LogP contribution in [0.5, 0.6) is 0 Å². The average Bonchev–Trinajstić information content (AvgIpc) is 2.87. The largest absolute Gasteiger partial charge is 0.353 e. The summed E-state index contributed by atoms with van der Waals surface area (Å²) in [5, 5.41) is 0. The molecule has 1 aliphatic rings. The van der Waals surface area contributed by atoms with Gasteiger partial charge < -0.3 is 14.0 Å². The third-order valence-corrected chi connectivity index (χ3v) is 4.65. The van der Waals surface area contributed by atoms with Crippen LogP contribution in [0, 0.1) is 0 Å². The van der Waals surface area contributed by atoms with Gasteiger partial charge in [0, 0.05) is 13.7 Å². The minimum Gasteiger partial charge on any atom is -0.353 e. The van der Waals surface area contributed by atoms with E-state index < -0.39 is 0 Å². The highest BCUT2D eigenvalue weighted by Crippen LogP contribution is 2.41. The predicted molar refractivity (Wildman–Crippen MR) is 87.7 cm³/mol. The molecule has 0 saturated heterocycles. The number of para-hydroxylation sites is 2. The molecule has 1 aliphatic carbocycles. The fraction of sp³-hybridized carbons (Fsp3) is 0.611. The van der Waals surface area contributed by atoms with Gasteiger partial charge in [0.1, 0.15) is 11.4 Å². The minimum atomic E-state index is -0.319. The Morgan fingerprint density at radius 1 is 1.23 bits per heavy atom. The van der Waals surface area contributed by atoms with Gasteiger partial charge in [-0.1, -0.05) is 31.4 Å². The van der Waals surface area contributed by atoms with E-state index in [1.807, 2.05) is 19.9 Å². The lowest BCUT2D eigenvalue weighted by Crippen LogP contribution is -2.38. The van der Waals surface area contributed by atoms with Crippen LogP contribution in [0.25, 0.3) is 11.0 Å². The van der Waals surface area contributed by atoms with Gasteiger partial charge in [-0.3, -0.25) is 0 Å². The fourth-order valence-corrected chi connectivity index (χ4v) is 3.66. The molecule has 1 aromatic carbocycles. The zero-order valence-electron chi connectivity index (χ0n) is 13.8. The number of hydrogen-bond donors (Lipinski definition) is 0. The van der Waals surface area contributed by atoms with Gasteiger partial charge in [0.15, 0.2) is 6.29 Å². The first kappa shape index (κ1) is 15.5. The van der Waals surface area contributed by atoms with E-state index in [4.69, 9.17) is 14.5 Å². The zero-order valence-corrected chi connectivity index (χ0v) is 13.8. The summed E-state index contributed by atoms with van der Waals surface area (Å²) in [7, 11) is 2.09. The second-order valence-corrected chi connectivity index (χ2v) is 6.18. The molecule has 1 heterocycles. The molecule has 0 aliphatic heterocycles. The molecule has 120 valence electrons. The predicted octanol–water partition coefficient (Wildman–Crippen LogP) is 4.13. The van der Waals surface area contributed by atoms with Gasteiger partial charge in [-0.05, 0) is 38.8 Å². The number of ether oxygens (including phenoxy) is 2. The summed E-state index contributed by atoms with van der Waals surface area (Å²) in [6.45, 7) is 4.66. The van der Waals surface area contributed by atoms with Crippen molar-refractivity contribution in [1.29, 1.82) is 0 Å². The van der Waals surface area contributed by atoms with Crippen molar-refractivity contribution in [2.24, 2.45) is 7.05 Å². The molecule has 4 nitrogen and oxygen atoms in total. The Morgan fingerprint density at radius 3 is 2.64 bits per heavy atom. The zero-order chi connectivity index (χ0) is 15.6. The summed E-state index contributed by atoms with van der Waals surface area (Å²) in [4.78, 5) is 4.90. The molecule has 22 heavy (non-hydrogen) atoms. The number of hydrogen-bond acceptors (Lipinski definition) is 3. The van der Waals surface area contributed by atoms with E-state index in [-0.39, 0.29) is 11.9 Å². The van der Waals surface area contributed by atoms with Crippen LogP contribution >= 0.6 is 0 Å². The maximum absolute atomic E-state index is 6.41. The Hall–Kier alpha value is -1.39.